The lowest BCUT2D eigenvalue weighted by Gasteiger charge is -2.24. The Morgan fingerprint density at radius 2 is 1.73 bits per heavy atom. The third kappa shape index (κ3) is 7.29. The molecule has 2 rings (SSSR count). The molecule has 2 amide bonds. The molecule has 0 aliphatic rings. The van der Waals surface area contributed by atoms with Gasteiger partial charge >= 0.3 is 12.2 Å². The zero-order chi connectivity index (χ0) is 23.3. The summed E-state index contributed by atoms with van der Waals surface area (Å²) in [4.78, 5) is 23.4. The first-order valence-electron chi connectivity index (χ1n) is 8.67. The van der Waals surface area contributed by atoms with Crippen LogP contribution in [0.15, 0.2) is 43.9 Å². The van der Waals surface area contributed by atoms with Gasteiger partial charge in [-0.1, -0.05) is 18.2 Å². The number of amides is 2. The standard InChI is InChI=1S/C18H22BrNO4S2.CH3NO2/c1-12-14(11-20(5)17(21)24-18(2,3)4)25-16(15(12)19)26(22,23)13-9-7-6-8-10-13;2-1(3)4/h6-10H,11H2,1-5H3;2H2,(H,3,4). The lowest BCUT2D eigenvalue weighted by atomic mass is 10.2. The molecule has 166 valence electrons. The summed E-state index contributed by atoms with van der Waals surface area (Å²) in [5.74, 6) is 0. The first kappa shape index (κ1) is 25.9. The van der Waals surface area contributed by atoms with Crippen molar-refractivity contribution in [2.45, 2.75) is 48.9 Å². The van der Waals surface area contributed by atoms with E-state index >= 15 is 0 Å². The molecule has 11 heteroatoms. The average molecular weight is 521 g/mol. The molecule has 8 nitrogen and oxygen atoms in total. The Balaban J connectivity index is 0.00000103. The van der Waals surface area contributed by atoms with Crippen molar-refractivity contribution >= 4 is 49.3 Å². The highest BCUT2D eigenvalue weighted by Crippen LogP contribution is 2.39. The second kappa shape index (κ2) is 10.3. The van der Waals surface area contributed by atoms with E-state index in [0.29, 0.717) is 4.47 Å². The molecule has 0 unspecified atom stereocenters. The Bertz CT molecular complexity index is 994. The van der Waals surface area contributed by atoms with E-state index in [1.807, 2.05) is 6.92 Å². The summed E-state index contributed by atoms with van der Waals surface area (Å²) in [6.45, 7) is 7.51. The van der Waals surface area contributed by atoms with Crippen LogP contribution in [0.1, 0.15) is 31.2 Å². The van der Waals surface area contributed by atoms with E-state index in [1.54, 1.807) is 58.2 Å². The normalized spacial score (nSPS) is 11.3. The van der Waals surface area contributed by atoms with Crippen molar-refractivity contribution in [3.8, 4) is 0 Å². The number of carbonyl (C=O) groups is 2. The van der Waals surface area contributed by atoms with Crippen molar-refractivity contribution in [3.05, 3.63) is 45.2 Å². The molecular formula is C19H25BrN2O6S2. The largest absolute Gasteiger partial charge is 0.465 e. The molecular weight excluding hydrogens is 496 g/mol. The summed E-state index contributed by atoms with van der Waals surface area (Å²) >= 11 is 4.57. The number of nitrogens with two attached hydrogens (primary N) is 1. The smallest absolute Gasteiger partial charge is 0.410 e. The maximum absolute atomic E-state index is 12.9. The molecule has 0 fully saturated rings. The summed E-state index contributed by atoms with van der Waals surface area (Å²) in [6.07, 6.45) is -1.78. The Morgan fingerprint density at radius 1 is 1.23 bits per heavy atom. The lowest BCUT2D eigenvalue weighted by molar-refractivity contribution is 0.0286. The van der Waals surface area contributed by atoms with E-state index in [0.717, 1.165) is 10.4 Å². The van der Waals surface area contributed by atoms with Gasteiger partial charge in [-0.25, -0.2) is 18.0 Å². The van der Waals surface area contributed by atoms with Gasteiger partial charge in [0.15, 0.2) is 0 Å². The molecule has 0 bridgehead atoms. The fraction of sp³-hybridized carbons (Fsp3) is 0.368. The highest BCUT2D eigenvalue weighted by molar-refractivity contribution is 9.10. The zero-order valence-corrected chi connectivity index (χ0v) is 20.5. The molecule has 3 N–H and O–H groups in total. The third-order valence-electron chi connectivity index (χ3n) is 3.53. The van der Waals surface area contributed by atoms with Crippen molar-refractivity contribution in [3.63, 3.8) is 0 Å². The Labute approximate surface area is 188 Å². The van der Waals surface area contributed by atoms with Gasteiger partial charge in [0.25, 0.3) is 0 Å². The Morgan fingerprint density at radius 3 is 2.20 bits per heavy atom. The lowest BCUT2D eigenvalue weighted by Crippen LogP contribution is -2.33. The molecule has 30 heavy (non-hydrogen) atoms. The molecule has 0 spiro atoms. The van der Waals surface area contributed by atoms with E-state index in [4.69, 9.17) is 14.6 Å². The van der Waals surface area contributed by atoms with Gasteiger partial charge in [-0.3, -0.25) is 0 Å². The molecule has 0 saturated heterocycles. The zero-order valence-electron chi connectivity index (χ0n) is 17.3. The van der Waals surface area contributed by atoms with Crippen molar-refractivity contribution in [1.82, 2.24) is 4.90 Å². The van der Waals surface area contributed by atoms with Crippen LogP contribution in [0.5, 0.6) is 0 Å². The Hall–Kier alpha value is -2.11. The molecule has 1 aromatic heterocycles. The van der Waals surface area contributed by atoms with Crippen LogP contribution in [0.2, 0.25) is 0 Å². The average Bonchev–Trinajstić information content (AvgIpc) is 2.89. The topological polar surface area (TPSA) is 127 Å². The molecule has 0 radical (unpaired) electrons. The van der Waals surface area contributed by atoms with Crippen LogP contribution in [0.25, 0.3) is 0 Å². The van der Waals surface area contributed by atoms with E-state index in [1.165, 1.54) is 16.2 Å². The molecule has 1 heterocycles. The number of thiophene rings is 1. The number of nitrogens with zero attached hydrogens (tertiary/aromatic N) is 1. The van der Waals surface area contributed by atoms with Crippen LogP contribution in [0.3, 0.4) is 0 Å². The summed E-state index contributed by atoms with van der Waals surface area (Å²) in [6, 6.07) is 8.30. The number of rotatable bonds is 4. The van der Waals surface area contributed by atoms with E-state index < -0.39 is 27.6 Å². The second-order valence-electron chi connectivity index (χ2n) is 7.24. The number of carboxylic acid groups (broad SMARTS) is 1. The third-order valence-corrected chi connectivity index (χ3v) is 8.61. The van der Waals surface area contributed by atoms with Crippen molar-refractivity contribution in [2.75, 3.05) is 7.05 Å². The first-order chi connectivity index (χ1) is 13.7. The highest BCUT2D eigenvalue weighted by atomic mass is 79.9. The van der Waals surface area contributed by atoms with E-state index in [-0.39, 0.29) is 15.6 Å². The van der Waals surface area contributed by atoms with E-state index in [9.17, 15) is 13.2 Å². The van der Waals surface area contributed by atoms with Crippen LogP contribution >= 0.6 is 27.3 Å². The number of carbonyl (C=O) groups excluding carboxylic acids is 1. The summed E-state index contributed by atoms with van der Waals surface area (Å²) in [7, 11) is -1.99. The highest BCUT2D eigenvalue weighted by Gasteiger charge is 2.27. The number of sulfone groups is 1. The quantitative estimate of drug-likeness (QED) is 0.604. The van der Waals surface area contributed by atoms with Crippen molar-refractivity contribution in [1.29, 1.82) is 0 Å². The number of benzene rings is 1. The van der Waals surface area contributed by atoms with Gasteiger partial charge in [0.1, 0.15) is 9.81 Å². The van der Waals surface area contributed by atoms with Gasteiger partial charge in [0.2, 0.25) is 9.84 Å². The van der Waals surface area contributed by atoms with Gasteiger partial charge in [-0.2, -0.15) is 0 Å². The van der Waals surface area contributed by atoms with Gasteiger partial charge in [0, 0.05) is 11.9 Å². The minimum absolute atomic E-state index is 0.244. The minimum Gasteiger partial charge on any atom is -0.465 e. The SMILES string of the molecule is Cc1c(CN(C)C(=O)OC(C)(C)C)sc(S(=O)(=O)c2ccccc2)c1Br.NC(=O)O. The molecule has 0 atom stereocenters. The van der Waals surface area contributed by atoms with Crippen LogP contribution in [-0.2, 0) is 21.1 Å². The molecule has 0 saturated carbocycles. The van der Waals surface area contributed by atoms with Gasteiger partial charge < -0.3 is 20.5 Å². The molecule has 0 aliphatic carbocycles. The number of primary amides is 1. The molecule has 0 aliphatic heterocycles. The first-order valence-corrected chi connectivity index (χ1v) is 11.8. The fourth-order valence-corrected chi connectivity index (χ4v) is 6.54. The van der Waals surface area contributed by atoms with E-state index in [2.05, 4.69) is 21.7 Å². The summed E-state index contributed by atoms with van der Waals surface area (Å²) in [5, 5.41) is 7.19. The number of hydrogen-bond acceptors (Lipinski definition) is 6. The molecule has 2 aromatic rings. The van der Waals surface area contributed by atoms with Crippen LogP contribution in [-0.4, -0.2) is 43.3 Å². The molecule has 1 aromatic carbocycles. The van der Waals surface area contributed by atoms with Gasteiger partial charge in [0.05, 0.1) is 15.9 Å². The second-order valence-corrected chi connectivity index (χ2v) is 11.3. The number of hydrogen-bond donors (Lipinski definition) is 2. The minimum atomic E-state index is -3.62. The van der Waals surface area contributed by atoms with Crippen LogP contribution in [0, 0.1) is 6.92 Å². The van der Waals surface area contributed by atoms with Crippen molar-refractivity contribution < 1.29 is 27.9 Å². The summed E-state index contributed by atoms with van der Waals surface area (Å²) in [5.41, 5.74) is 4.25. The number of halogens is 1. The van der Waals surface area contributed by atoms with Gasteiger partial charge in [-0.05, 0) is 61.3 Å². The van der Waals surface area contributed by atoms with Crippen molar-refractivity contribution in [2.24, 2.45) is 5.73 Å². The predicted octanol–water partition coefficient (Wildman–Crippen LogP) is 4.64. The Kier molecular flexibility index (Phi) is 8.88. The van der Waals surface area contributed by atoms with Gasteiger partial charge in [-0.15, -0.1) is 11.3 Å². The summed E-state index contributed by atoms with van der Waals surface area (Å²) < 4.78 is 31.9. The van der Waals surface area contributed by atoms with Crippen LogP contribution < -0.4 is 5.73 Å². The number of ether oxygens (including phenoxy) is 1. The maximum Gasteiger partial charge on any atom is 0.410 e. The fourth-order valence-electron chi connectivity index (χ4n) is 2.16. The monoisotopic (exact) mass is 520 g/mol. The predicted molar refractivity (Wildman–Crippen MR) is 119 cm³/mol. The maximum atomic E-state index is 12.9. The van der Waals surface area contributed by atoms with Crippen LogP contribution in [0.4, 0.5) is 9.59 Å².